The summed E-state index contributed by atoms with van der Waals surface area (Å²) in [5.74, 6) is 2.39. The molecule has 30 heavy (non-hydrogen) atoms. The number of nitrogens with one attached hydrogen (secondary N) is 1. The monoisotopic (exact) mass is 412 g/mol. The van der Waals surface area contributed by atoms with Crippen LogP contribution in [0.1, 0.15) is 87.1 Å². The van der Waals surface area contributed by atoms with Gasteiger partial charge in [-0.1, -0.05) is 38.0 Å². The Labute approximate surface area is 180 Å². The van der Waals surface area contributed by atoms with Crippen molar-refractivity contribution in [2.45, 2.75) is 84.6 Å². The van der Waals surface area contributed by atoms with E-state index in [1.807, 2.05) is 26.0 Å². The fourth-order valence-corrected chi connectivity index (χ4v) is 4.04. The molecule has 1 atom stereocenters. The fourth-order valence-electron chi connectivity index (χ4n) is 4.04. The number of nitrogens with zero attached hydrogens (tertiary/aromatic N) is 3. The van der Waals surface area contributed by atoms with Gasteiger partial charge in [0.15, 0.2) is 0 Å². The largest absolute Gasteiger partial charge is 0.396 e. The van der Waals surface area contributed by atoms with Crippen LogP contribution >= 0.6 is 0 Å². The molecule has 0 radical (unpaired) electrons. The van der Waals surface area contributed by atoms with Crippen molar-refractivity contribution in [1.82, 2.24) is 14.8 Å². The second-order valence-corrected chi connectivity index (χ2v) is 9.14. The molecule has 1 amide bonds. The van der Waals surface area contributed by atoms with Crippen LogP contribution < -0.4 is 5.32 Å². The van der Waals surface area contributed by atoms with Crippen molar-refractivity contribution in [2.24, 2.45) is 5.92 Å². The Morgan fingerprint density at radius 1 is 1.23 bits per heavy atom. The van der Waals surface area contributed by atoms with Crippen molar-refractivity contribution >= 4 is 11.6 Å². The molecule has 0 aliphatic heterocycles. The fraction of sp³-hybridized carbons (Fsp3) is 0.625. The number of hydrogen-bond donors (Lipinski definition) is 2. The number of aliphatic hydroxyl groups is 1. The van der Waals surface area contributed by atoms with Gasteiger partial charge in [-0.3, -0.25) is 4.79 Å². The minimum Gasteiger partial charge on any atom is -0.396 e. The molecule has 1 aromatic carbocycles. The summed E-state index contributed by atoms with van der Waals surface area (Å²) in [6, 6.07) is 6.46. The topological polar surface area (TPSA) is 80.0 Å². The maximum atomic E-state index is 12.8. The predicted molar refractivity (Wildman–Crippen MR) is 120 cm³/mol. The summed E-state index contributed by atoms with van der Waals surface area (Å²) in [5.41, 5.74) is 3.06. The highest BCUT2D eigenvalue weighted by atomic mass is 16.3. The van der Waals surface area contributed by atoms with Crippen molar-refractivity contribution in [2.75, 3.05) is 11.9 Å². The van der Waals surface area contributed by atoms with Crippen molar-refractivity contribution in [1.29, 1.82) is 0 Å². The van der Waals surface area contributed by atoms with Crippen molar-refractivity contribution in [3.8, 4) is 0 Å². The lowest BCUT2D eigenvalue weighted by atomic mass is 9.99. The van der Waals surface area contributed by atoms with Crippen molar-refractivity contribution in [3.05, 3.63) is 41.0 Å². The van der Waals surface area contributed by atoms with Gasteiger partial charge in [0.05, 0.1) is 0 Å². The molecule has 0 unspecified atom stereocenters. The number of amides is 1. The summed E-state index contributed by atoms with van der Waals surface area (Å²) in [5, 5.41) is 21.7. The van der Waals surface area contributed by atoms with E-state index in [9.17, 15) is 9.90 Å². The first-order valence-corrected chi connectivity index (χ1v) is 11.3. The third-order valence-electron chi connectivity index (χ3n) is 5.82. The Balaban J connectivity index is 1.73. The molecule has 1 aliphatic rings. The Bertz CT molecular complexity index is 855. The molecule has 1 aliphatic carbocycles. The lowest BCUT2D eigenvalue weighted by Gasteiger charge is -2.18. The lowest BCUT2D eigenvalue weighted by Crippen LogP contribution is -2.20. The number of hydrogen-bond acceptors (Lipinski definition) is 4. The summed E-state index contributed by atoms with van der Waals surface area (Å²) in [7, 11) is 0. The zero-order valence-corrected chi connectivity index (χ0v) is 18.8. The summed E-state index contributed by atoms with van der Waals surface area (Å²) >= 11 is 0. The molecule has 1 heterocycles. The molecule has 1 aromatic heterocycles. The molecule has 164 valence electrons. The van der Waals surface area contributed by atoms with Crippen LogP contribution in [0.15, 0.2) is 18.2 Å². The average Bonchev–Trinajstić information content (AvgIpc) is 3.43. The molecule has 1 fully saturated rings. The minimum atomic E-state index is -0.132. The number of benzene rings is 1. The maximum Gasteiger partial charge on any atom is 0.225 e. The van der Waals surface area contributed by atoms with Gasteiger partial charge >= 0.3 is 0 Å². The Kier molecular flexibility index (Phi) is 7.64. The van der Waals surface area contributed by atoms with Gasteiger partial charge in [-0.05, 0) is 57.1 Å². The molecular formula is C24H36N4O2. The van der Waals surface area contributed by atoms with Crippen LogP contribution in [-0.2, 0) is 11.2 Å². The van der Waals surface area contributed by atoms with Gasteiger partial charge in [-0.2, -0.15) is 0 Å². The second-order valence-electron chi connectivity index (χ2n) is 9.14. The van der Waals surface area contributed by atoms with Crippen LogP contribution in [0.25, 0.3) is 0 Å². The molecule has 6 heteroatoms. The highest BCUT2D eigenvalue weighted by Crippen LogP contribution is 2.39. The van der Waals surface area contributed by atoms with Crippen LogP contribution in [0.4, 0.5) is 5.69 Å². The summed E-state index contributed by atoms with van der Waals surface area (Å²) < 4.78 is 2.27. The Morgan fingerprint density at radius 3 is 2.63 bits per heavy atom. The summed E-state index contributed by atoms with van der Waals surface area (Å²) in [4.78, 5) is 12.8. The van der Waals surface area contributed by atoms with Gasteiger partial charge in [-0.15, -0.1) is 10.2 Å². The first-order valence-electron chi connectivity index (χ1n) is 11.3. The number of aliphatic hydroxyl groups excluding tert-OH is 1. The number of carbonyl (C=O) groups is 1. The molecule has 0 saturated heterocycles. The number of carbonyl (C=O) groups excluding carboxylic acids is 1. The van der Waals surface area contributed by atoms with Gasteiger partial charge in [0, 0.05) is 37.1 Å². The molecule has 6 nitrogen and oxygen atoms in total. The summed E-state index contributed by atoms with van der Waals surface area (Å²) in [6.45, 7) is 8.55. The zero-order valence-electron chi connectivity index (χ0n) is 18.8. The molecule has 0 bridgehead atoms. The van der Waals surface area contributed by atoms with Crippen molar-refractivity contribution in [3.63, 3.8) is 0 Å². The highest BCUT2D eigenvalue weighted by molar-refractivity contribution is 5.92. The SMILES string of the molecule is Cc1ccc(NC(=O)C[C@H](CCO)c2nnc(CCCC(C)C)n2C2CC2)c(C)c1. The van der Waals surface area contributed by atoms with Crippen LogP contribution in [0.3, 0.4) is 0 Å². The summed E-state index contributed by atoms with van der Waals surface area (Å²) in [6.07, 6.45) is 6.28. The molecule has 3 rings (SSSR count). The third kappa shape index (κ3) is 5.91. The first-order chi connectivity index (χ1) is 14.4. The second kappa shape index (κ2) is 10.2. The maximum absolute atomic E-state index is 12.8. The predicted octanol–water partition coefficient (Wildman–Crippen LogP) is 4.70. The molecule has 0 spiro atoms. The van der Waals surface area contributed by atoms with E-state index in [1.54, 1.807) is 0 Å². The van der Waals surface area contributed by atoms with Gasteiger partial charge in [-0.25, -0.2) is 0 Å². The van der Waals surface area contributed by atoms with Crippen LogP contribution in [0.2, 0.25) is 0 Å². The molecule has 1 saturated carbocycles. The lowest BCUT2D eigenvalue weighted by molar-refractivity contribution is -0.116. The normalized spacial score (nSPS) is 14.9. The van der Waals surface area contributed by atoms with Gasteiger partial charge in [0.25, 0.3) is 0 Å². The van der Waals surface area contributed by atoms with E-state index in [4.69, 9.17) is 0 Å². The van der Waals surface area contributed by atoms with E-state index < -0.39 is 0 Å². The van der Waals surface area contributed by atoms with Crippen LogP contribution in [-0.4, -0.2) is 32.4 Å². The van der Waals surface area contributed by atoms with E-state index in [0.29, 0.717) is 24.8 Å². The highest BCUT2D eigenvalue weighted by Gasteiger charge is 2.32. The molecule has 2 N–H and O–H groups in total. The van der Waals surface area contributed by atoms with E-state index in [0.717, 1.165) is 48.6 Å². The van der Waals surface area contributed by atoms with E-state index in [1.165, 1.54) is 12.0 Å². The van der Waals surface area contributed by atoms with Crippen molar-refractivity contribution < 1.29 is 9.90 Å². The standard InChI is InChI=1S/C24H36N4O2/c1-16(2)6-5-7-22-26-27-24(28(22)20-9-10-20)19(12-13-29)15-23(30)25-21-11-8-17(3)14-18(21)4/h8,11,14,16,19-20,29H,5-7,9-10,12-13,15H2,1-4H3,(H,25,30)/t19-/m0/s1. The Morgan fingerprint density at radius 2 is 2.00 bits per heavy atom. The smallest absolute Gasteiger partial charge is 0.225 e. The molecular weight excluding hydrogens is 376 g/mol. The van der Waals surface area contributed by atoms with E-state index in [2.05, 4.69) is 40.0 Å². The molecule has 2 aromatic rings. The number of aryl methyl sites for hydroxylation is 3. The van der Waals surface area contributed by atoms with Crippen LogP contribution in [0.5, 0.6) is 0 Å². The Hall–Kier alpha value is -2.21. The third-order valence-corrected chi connectivity index (χ3v) is 5.82. The first kappa shape index (κ1) is 22.5. The quantitative estimate of drug-likeness (QED) is 0.560. The van der Waals surface area contributed by atoms with E-state index >= 15 is 0 Å². The number of aromatic nitrogens is 3. The zero-order chi connectivity index (χ0) is 21.7. The van der Waals surface area contributed by atoms with Gasteiger partial charge in [0.1, 0.15) is 11.6 Å². The van der Waals surface area contributed by atoms with Gasteiger partial charge in [0.2, 0.25) is 5.91 Å². The van der Waals surface area contributed by atoms with Crippen LogP contribution in [0, 0.1) is 19.8 Å². The number of rotatable bonds is 11. The average molecular weight is 413 g/mol. The minimum absolute atomic E-state index is 0.0295. The number of anilines is 1. The van der Waals surface area contributed by atoms with Gasteiger partial charge < -0.3 is 15.0 Å². The van der Waals surface area contributed by atoms with E-state index in [-0.39, 0.29) is 18.4 Å².